The van der Waals surface area contributed by atoms with Crippen molar-refractivity contribution in [3.05, 3.63) is 71.8 Å². The molecule has 0 amide bonds. The summed E-state index contributed by atoms with van der Waals surface area (Å²) in [7, 11) is -3.66. The molecule has 1 aromatic heterocycles. The highest BCUT2D eigenvalue weighted by molar-refractivity contribution is 7.89. The highest BCUT2D eigenvalue weighted by Crippen LogP contribution is 2.24. The molecule has 3 aromatic rings. The Labute approximate surface area is 187 Å². The molecule has 1 aliphatic heterocycles. The second kappa shape index (κ2) is 9.62. The Morgan fingerprint density at radius 1 is 1.22 bits per heavy atom. The highest BCUT2D eigenvalue weighted by atomic mass is 32.2. The van der Waals surface area contributed by atoms with Gasteiger partial charge in [-0.05, 0) is 66.6 Å². The van der Waals surface area contributed by atoms with Crippen LogP contribution in [0.4, 0.5) is 4.39 Å². The molecule has 0 aliphatic carbocycles. The van der Waals surface area contributed by atoms with Crippen molar-refractivity contribution < 1.29 is 12.8 Å². The van der Waals surface area contributed by atoms with Crippen LogP contribution in [0.5, 0.6) is 0 Å². The molecule has 2 N–H and O–H groups in total. The first kappa shape index (κ1) is 22.2. The van der Waals surface area contributed by atoms with E-state index in [0.29, 0.717) is 25.6 Å². The number of rotatable bonds is 7. The number of aromatic amines is 1. The lowest BCUT2D eigenvalue weighted by atomic mass is 9.98. The van der Waals surface area contributed by atoms with E-state index in [4.69, 9.17) is 0 Å². The summed E-state index contributed by atoms with van der Waals surface area (Å²) in [5, 5.41) is 11.2. The van der Waals surface area contributed by atoms with Crippen LogP contribution >= 0.6 is 0 Å². The van der Waals surface area contributed by atoms with Crippen LogP contribution in [0.3, 0.4) is 0 Å². The lowest BCUT2D eigenvalue weighted by molar-refractivity contribution is 0.268. The van der Waals surface area contributed by atoms with Crippen LogP contribution in [0, 0.1) is 18.7 Å². The first-order chi connectivity index (χ1) is 15.4. The van der Waals surface area contributed by atoms with Gasteiger partial charge in [-0.3, -0.25) is 5.10 Å². The maximum atomic E-state index is 13.4. The number of sulfonamides is 1. The fourth-order valence-corrected chi connectivity index (χ4v) is 5.30. The van der Waals surface area contributed by atoms with E-state index < -0.39 is 15.8 Å². The summed E-state index contributed by atoms with van der Waals surface area (Å²) in [4.78, 5) is 0.00620. The zero-order chi connectivity index (χ0) is 22.6. The number of aromatic nitrogens is 2. The van der Waals surface area contributed by atoms with Crippen molar-refractivity contribution in [1.29, 1.82) is 0 Å². The van der Waals surface area contributed by atoms with Gasteiger partial charge in [0.1, 0.15) is 5.82 Å². The Hall–Kier alpha value is -3.04. The molecular formula is C23H26FN5O2S. The van der Waals surface area contributed by atoms with E-state index in [1.54, 1.807) is 6.20 Å². The van der Waals surface area contributed by atoms with Gasteiger partial charge in [-0.15, -0.1) is 0 Å². The highest BCUT2D eigenvalue weighted by Gasteiger charge is 2.29. The summed E-state index contributed by atoms with van der Waals surface area (Å²) >= 11 is 0. The van der Waals surface area contributed by atoms with E-state index in [9.17, 15) is 12.8 Å². The van der Waals surface area contributed by atoms with Gasteiger partial charge < -0.3 is 5.43 Å². The third kappa shape index (κ3) is 5.05. The van der Waals surface area contributed by atoms with Gasteiger partial charge in [0.25, 0.3) is 0 Å². The van der Waals surface area contributed by atoms with Crippen LogP contribution in [-0.4, -0.2) is 48.8 Å². The van der Waals surface area contributed by atoms with Crippen molar-refractivity contribution in [3.8, 4) is 11.1 Å². The van der Waals surface area contributed by atoms with E-state index >= 15 is 0 Å². The molecule has 1 saturated heterocycles. The standard InChI is InChI=1S/C23H26FN5O2S/c1-17-5-6-19(21-15-27-28-16-21)11-20(17)14-26-25-13-18-7-9-29(10-8-18)32(30,31)23-4-2-3-22(24)12-23/h2-6,11-12,14-16,18,25H,7-10,13H2,1H3,(H,27,28)/b26-14-. The molecule has 1 aliphatic rings. The second-order valence-corrected chi connectivity index (χ2v) is 9.92. The SMILES string of the molecule is Cc1ccc(-c2cn[nH]c2)cc1/C=N\NCC1CCN(S(=O)(=O)c2cccc(F)c2)CC1. The van der Waals surface area contributed by atoms with E-state index in [0.717, 1.165) is 41.2 Å². The van der Waals surface area contributed by atoms with E-state index in [-0.39, 0.29) is 4.90 Å². The van der Waals surface area contributed by atoms with Crippen LogP contribution in [0.15, 0.2) is 64.9 Å². The molecule has 0 spiro atoms. The minimum absolute atomic E-state index is 0.00620. The summed E-state index contributed by atoms with van der Waals surface area (Å²) in [6.07, 6.45) is 6.90. The maximum Gasteiger partial charge on any atom is 0.243 e. The lowest BCUT2D eigenvalue weighted by Crippen LogP contribution is -2.40. The molecule has 0 radical (unpaired) electrons. The van der Waals surface area contributed by atoms with Gasteiger partial charge in [-0.1, -0.05) is 18.2 Å². The van der Waals surface area contributed by atoms with Gasteiger partial charge in [0.15, 0.2) is 0 Å². The molecule has 1 fully saturated rings. The minimum Gasteiger partial charge on any atom is -0.310 e. The van der Waals surface area contributed by atoms with Crippen LogP contribution in [0.2, 0.25) is 0 Å². The number of H-pyrrole nitrogens is 1. The summed E-state index contributed by atoms with van der Waals surface area (Å²) in [5.74, 6) is -0.224. The maximum absolute atomic E-state index is 13.4. The Morgan fingerprint density at radius 2 is 2.03 bits per heavy atom. The van der Waals surface area contributed by atoms with Crippen molar-refractivity contribution in [2.24, 2.45) is 11.0 Å². The average Bonchev–Trinajstić information content (AvgIpc) is 3.33. The summed E-state index contributed by atoms with van der Waals surface area (Å²) in [6.45, 7) is 3.54. The van der Waals surface area contributed by atoms with Crippen molar-refractivity contribution >= 4 is 16.2 Å². The van der Waals surface area contributed by atoms with Crippen LogP contribution in [0.1, 0.15) is 24.0 Å². The van der Waals surface area contributed by atoms with Crippen LogP contribution in [-0.2, 0) is 10.0 Å². The van der Waals surface area contributed by atoms with Crippen molar-refractivity contribution in [2.45, 2.75) is 24.7 Å². The molecule has 0 atom stereocenters. The average molecular weight is 456 g/mol. The minimum atomic E-state index is -3.66. The predicted molar refractivity (Wildman–Crippen MR) is 122 cm³/mol. The summed E-state index contributed by atoms with van der Waals surface area (Å²) in [6, 6.07) is 11.3. The number of hydrogen-bond acceptors (Lipinski definition) is 5. The fourth-order valence-electron chi connectivity index (χ4n) is 3.80. The van der Waals surface area contributed by atoms with Crippen molar-refractivity contribution in [2.75, 3.05) is 19.6 Å². The van der Waals surface area contributed by atoms with E-state index in [1.165, 1.54) is 22.5 Å². The number of hydrogen-bond donors (Lipinski definition) is 2. The first-order valence-electron chi connectivity index (χ1n) is 10.5. The quantitative estimate of drug-likeness (QED) is 0.421. The molecule has 2 aromatic carbocycles. The monoisotopic (exact) mass is 455 g/mol. The second-order valence-electron chi connectivity index (χ2n) is 7.98. The number of hydrazone groups is 1. The van der Waals surface area contributed by atoms with Gasteiger partial charge in [0.05, 0.1) is 17.3 Å². The molecule has 0 bridgehead atoms. The third-order valence-electron chi connectivity index (χ3n) is 5.79. The molecule has 4 rings (SSSR count). The van der Waals surface area contributed by atoms with E-state index in [1.807, 2.05) is 19.3 Å². The molecular weight excluding hydrogens is 429 g/mol. The van der Waals surface area contributed by atoms with Gasteiger partial charge in [-0.25, -0.2) is 12.8 Å². The lowest BCUT2D eigenvalue weighted by Gasteiger charge is -2.31. The zero-order valence-corrected chi connectivity index (χ0v) is 18.6. The molecule has 32 heavy (non-hydrogen) atoms. The molecule has 2 heterocycles. The topological polar surface area (TPSA) is 90.4 Å². The fraction of sp³-hybridized carbons (Fsp3) is 0.304. The molecule has 7 nitrogen and oxygen atoms in total. The zero-order valence-electron chi connectivity index (χ0n) is 17.8. The Kier molecular flexibility index (Phi) is 6.66. The first-order valence-corrected chi connectivity index (χ1v) is 12.0. The summed E-state index contributed by atoms with van der Waals surface area (Å²) < 4.78 is 40.3. The largest absolute Gasteiger partial charge is 0.310 e. The molecule has 168 valence electrons. The summed E-state index contributed by atoms with van der Waals surface area (Å²) in [5.41, 5.74) is 7.34. The number of halogens is 1. The number of nitrogens with zero attached hydrogens (tertiary/aromatic N) is 3. The number of piperidine rings is 1. The predicted octanol–water partition coefficient (Wildman–Crippen LogP) is 3.55. The molecule has 0 unspecified atom stereocenters. The normalized spacial score (nSPS) is 15.9. The van der Waals surface area contributed by atoms with Crippen molar-refractivity contribution in [3.63, 3.8) is 0 Å². The molecule has 9 heteroatoms. The Bertz CT molecular complexity index is 1190. The van der Waals surface area contributed by atoms with Gasteiger partial charge in [0.2, 0.25) is 10.0 Å². The van der Waals surface area contributed by atoms with Gasteiger partial charge in [0, 0.05) is 31.4 Å². The Morgan fingerprint density at radius 3 is 2.75 bits per heavy atom. The van der Waals surface area contributed by atoms with Crippen LogP contribution < -0.4 is 5.43 Å². The number of aryl methyl sites for hydroxylation is 1. The van der Waals surface area contributed by atoms with Gasteiger partial charge >= 0.3 is 0 Å². The molecule has 0 saturated carbocycles. The van der Waals surface area contributed by atoms with Gasteiger partial charge in [-0.2, -0.15) is 14.5 Å². The Balaban J connectivity index is 1.29. The smallest absolute Gasteiger partial charge is 0.243 e. The number of benzene rings is 2. The number of nitrogens with one attached hydrogen (secondary N) is 2. The van der Waals surface area contributed by atoms with Crippen LogP contribution in [0.25, 0.3) is 11.1 Å². The van der Waals surface area contributed by atoms with E-state index in [2.05, 4.69) is 38.9 Å². The third-order valence-corrected chi connectivity index (χ3v) is 7.69. The van der Waals surface area contributed by atoms with Crippen molar-refractivity contribution in [1.82, 2.24) is 19.9 Å².